The molecule has 0 aliphatic heterocycles. The molecule has 0 saturated carbocycles. The fraction of sp³-hybridized carbons (Fsp3) is 0.375. The quantitative estimate of drug-likeness (QED) is 0.841. The molecule has 0 bridgehead atoms. The van der Waals surface area contributed by atoms with Gasteiger partial charge < -0.3 is 5.73 Å². The fourth-order valence-electron chi connectivity index (χ4n) is 0.963. The molecule has 0 unspecified atom stereocenters. The summed E-state index contributed by atoms with van der Waals surface area (Å²) in [6.45, 7) is 0. The zero-order chi connectivity index (χ0) is 9.90. The van der Waals surface area contributed by atoms with Crippen molar-refractivity contribution in [1.82, 2.24) is 4.98 Å². The van der Waals surface area contributed by atoms with Gasteiger partial charge in [0.15, 0.2) is 0 Å². The zero-order valence-corrected chi connectivity index (χ0v) is 7.98. The van der Waals surface area contributed by atoms with Crippen molar-refractivity contribution >= 4 is 12.4 Å². The number of rotatable bonds is 2. The van der Waals surface area contributed by atoms with Crippen molar-refractivity contribution in [3.8, 4) is 0 Å². The Morgan fingerprint density at radius 1 is 1.43 bits per heavy atom. The summed E-state index contributed by atoms with van der Waals surface area (Å²) in [6, 6.07) is 2.07. The average molecular weight is 227 g/mol. The molecule has 0 aliphatic carbocycles. The van der Waals surface area contributed by atoms with Crippen LogP contribution in [0, 0.1) is 0 Å². The Balaban J connectivity index is 0.00000169. The summed E-state index contributed by atoms with van der Waals surface area (Å²) >= 11 is 0. The number of alkyl halides is 3. The van der Waals surface area contributed by atoms with E-state index in [1.807, 2.05) is 0 Å². The van der Waals surface area contributed by atoms with Crippen LogP contribution in [-0.4, -0.2) is 11.2 Å². The van der Waals surface area contributed by atoms with Gasteiger partial charge in [-0.05, 0) is 11.6 Å². The molecule has 0 aromatic carbocycles. The summed E-state index contributed by atoms with van der Waals surface area (Å²) in [4.78, 5) is 3.69. The Labute approximate surface area is 85.7 Å². The number of nitrogens with zero attached hydrogens (tertiary/aromatic N) is 1. The molecular weight excluding hydrogens is 217 g/mol. The maximum Gasteiger partial charge on any atom is 0.390 e. The van der Waals surface area contributed by atoms with Gasteiger partial charge in [0.1, 0.15) is 0 Å². The van der Waals surface area contributed by atoms with Crippen molar-refractivity contribution < 1.29 is 13.2 Å². The van der Waals surface area contributed by atoms with Crippen molar-refractivity contribution in [2.24, 2.45) is 5.73 Å². The first-order valence-electron chi connectivity index (χ1n) is 3.71. The Morgan fingerprint density at radius 2 is 2.07 bits per heavy atom. The lowest BCUT2D eigenvalue weighted by Gasteiger charge is -2.13. The van der Waals surface area contributed by atoms with Gasteiger partial charge in [-0.1, -0.05) is 6.07 Å². The number of aromatic nitrogens is 1. The van der Waals surface area contributed by atoms with E-state index in [-0.39, 0.29) is 12.4 Å². The van der Waals surface area contributed by atoms with E-state index in [1.54, 1.807) is 6.07 Å². The van der Waals surface area contributed by atoms with Crippen LogP contribution >= 0.6 is 12.4 Å². The molecule has 6 heteroatoms. The Kier molecular flexibility index (Phi) is 4.87. The molecule has 2 N–H and O–H groups in total. The van der Waals surface area contributed by atoms with E-state index in [2.05, 4.69) is 4.98 Å². The van der Waals surface area contributed by atoms with E-state index in [9.17, 15) is 13.2 Å². The Hall–Kier alpha value is -0.810. The highest BCUT2D eigenvalue weighted by molar-refractivity contribution is 5.85. The molecule has 1 rings (SSSR count). The lowest BCUT2D eigenvalue weighted by molar-refractivity contribution is -0.138. The molecular formula is C8H10ClF3N2. The number of nitrogens with two attached hydrogens (primary N) is 1. The maximum absolute atomic E-state index is 11.9. The van der Waals surface area contributed by atoms with E-state index in [4.69, 9.17) is 5.73 Å². The van der Waals surface area contributed by atoms with Crippen LogP contribution in [0.2, 0.25) is 0 Å². The molecule has 0 amide bonds. The standard InChI is InChI=1S/C8H9F3N2.ClH/c9-8(10,11)4-7(12)6-2-1-3-13-5-6;/h1-3,5,7H,4,12H2;1H/t7-;/m1./s1. The molecule has 1 atom stereocenters. The zero-order valence-electron chi connectivity index (χ0n) is 7.16. The van der Waals surface area contributed by atoms with Gasteiger partial charge in [0.25, 0.3) is 0 Å². The summed E-state index contributed by atoms with van der Waals surface area (Å²) in [5, 5.41) is 0. The first-order chi connectivity index (χ1) is 5.99. The van der Waals surface area contributed by atoms with Gasteiger partial charge in [-0.3, -0.25) is 4.98 Å². The van der Waals surface area contributed by atoms with Crippen molar-refractivity contribution in [3.63, 3.8) is 0 Å². The van der Waals surface area contributed by atoms with Crippen LogP contribution in [0.25, 0.3) is 0 Å². The second-order valence-corrected chi connectivity index (χ2v) is 2.71. The molecule has 0 aliphatic rings. The minimum atomic E-state index is -4.23. The number of pyridine rings is 1. The molecule has 0 saturated heterocycles. The molecule has 0 spiro atoms. The molecule has 14 heavy (non-hydrogen) atoms. The van der Waals surface area contributed by atoms with Crippen molar-refractivity contribution in [2.75, 3.05) is 0 Å². The minimum absolute atomic E-state index is 0. The number of halogens is 4. The van der Waals surface area contributed by atoms with Gasteiger partial charge in [-0.15, -0.1) is 12.4 Å². The summed E-state index contributed by atoms with van der Waals surface area (Å²) in [5.41, 5.74) is 5.72. The average Bonchev–Trinajstić information content (AvgIpc) is 2.03. The van der Waals surface area contributed by atoms with E-state index >= 15 is 0 Å². The number of hydrogen-bond donors (Lipinski definition) is 1. The number of hydrogen-bond acceptors (Lipinski definition) is 2. The SMILES string of the molecule is Cl.N[C@H](CC(F)(F)F)c1cccnc1. The van der Waals surface area contributed by atoms with Crippen LogP contribution in [0.15, 0.2) is 24.5 Å². The third-order valence-corrected chi connectivity index (χ3v) is 1.56. The van der Waals surface area contributed by atoms with Gasteiger partial charge in [0.05, 0.1) is 6.42 Å². The molecule has 80 valence electrons. The van der Waals surface area contributed by atoms with Gasteiger partial charge in [-0.25, -0.2) is 0 Å². The van der Waals surface area contributed by atoms with Crippen molar-refractivity contribution in [3.05, 3.63) is 30.1 Å². The second-order valence-electron chi connectivity index (χ2n) is 2.71. The van der Waals surface area contributed by atoms with Gasteiger partial charge in [0.2, 0.25) is 0 Å². The van der Waals surface area contributed by atoms with Gasteiger partial charge in [0, 0.05) is 18.4 Å². The fourth-order valence-corrected chi connectivity index (χ4v) is 0.963. The summed E-state index contributed by atoms with van der Waals surface area (Å²) in [7, 11) is 0. The summed E-state index contributed by atoms with van der Waals surface area (Å²) in [5.74, 6) is 0. The van der Waals surface area contributed by atoms with Crippen LogP contribution in [0.3, 0.4) is 0 Å². The molecule has 1 heterocycles. The van der Waals surface area contributed by atoms with Crippen LogP contribution in [0.5, 0.6) is 0 Å². The molecule has 0 radical (unpaired) electrons. The van der Waals surface area contributed by atoms with Crippen LogP contribution in [-0.2, 0) is 0 Å². The predicted molar refractivity (Wildman–Crippen MR) is 49.1 cm³/mol. The van der Waals surface area contributed by atoms with E-state index < -0.39 is 18.6 Å². The van der Waals surface area contributed by atoms with Crippen LogP contribution in [0.1, 0.15) is 18.0 Å². The molecule has 1 aromatic rings. The first-order valence-corrected chi connectivity index (χ1v) is 3.71. The first kappa shape index (κ1) is 13.2. The van der Waals surface area contributed by atoms with E-state index in [0.717, 1.165) is 0 Å². The molecule has 1 aromatic heterocycles. The summed E-state index contributed by atoms with van der Waals surface area (Å²) < 4.78 is 35.7. The topological polar surface area (TPSA) is 38.9 Å². The van der Waals surface area contributed by atoms with Crippen molar-refractivity contribution in [2.45, 2.75) is 18.6 Å². The minimum Gasteiger partial charge on any atom is -0.324 e. The smallest absolute Gasteiger partial charge is 0.324 e. The lowest BCUT2D eigenvalue weighted by Crippen LogP contribution is -2.20. The van der Waals surface area contributed by atoms with Crippen LogP contribution in [0.4, 0.5) is 13.2 Å². The normalized spacial score (nSPS) is 13.1. The van der Waals surface area contributed by atoms with Crippen LogP contribution < -0.4 is 5.73 Å². The Morgan fingerprint density at radius 3 is 2.50 bits per heavy atom. The summed E-state index contributed by atoms with van der Waals surface area (Å²) in [6.07, 6.45) is -2.41. The lowest BCUT2D eigenvalue weighted by atomic mass is 10.1. The van der Waals surface area contributed by atoms with Crippen molar-refractivity contribution in [1.29, 1.82) is 0 Å². The van der Waals surface area contributed by atoms with Gasteiger partial charge in [-0.2, -0.15) is 13.2 Å². The highest BCUT2D eigenvalue weighted by atomic mass is 35.5. The molecule has 2 nitrogen and oxygen atoms in total. The highest BCUT2D eigenvalue weighted by Gasteiger charge is 2.30. The largest absolute Gasteiger partial charge is 0.390 e. The second kappa shape index (κ2) is 5.17. The van der Waals surface area contributed by atoms with E-state index in [1.165, 1.54) is 18.5 Å². The monoisotopic (exact) mass is 226 g/mol. The predicted octanol–water partition coefficient (Wildman–Crippen LogP) is 2.46. The van der Waals surface area contributed by atoms with E-state index in [0.29, 0.717) is 5.56 Å². The Bertz CT molecular complexity index is 263. The highest BCUT2D eigenvalue weighted by Crippen LogP contribution is 2.27. The maximum atomic E-state index is 11.9. The third-order valence-electron chi connectivity index (χ3n) is 1.56. The third kappa shape index (κ3) is 4.43. The van der Waals surface area contributed by atoms with Gasteiger partial charge >= 0.3 is 6.18 Å². The molecule has 0 fully saturated rings.